The molecule has 0 aromatic heterocycles. The topological polar surface area (TPSA) is 15.3 Å². The van der Waals surface area contributed by atoms with Crippen molar-refractivity contribution in [2.75, 3.05) is 13.1 Å². The Kier molecular flexibility index (Phi) is 3.20. The zero-order valence-corrected chi connectivity index (χ0v) is 11.5. The molecule has 0 aromatic rings. The maximum Gasteiger partial charge on any atom is 0.0209 e. The highest BCUT2D eigenvalue weighted by atomic mass is 15.2. The van der Waals surface area contributed by atoms with Gasteiger partial charge in [0.05, 0.1) is 0 Å². The highest BCUT2D eigenvalue weighted by Crippen LogP contribution is 2.36. The van der Waals surface area contributed by atoms with Gasteiger partial charge in [-0.15, -0.1) is 0 Å². The smallest absolute Gasteiger partial charge is 0.0209 e. The van der Waals surface area contributed by atoms with E-state index in [0.717, 1.165) is 18.1 Å². The van der Waals surface area contributed by atoms with Crippen molar-refractivity contribution < 1.29 is 0 Å². The van der Waals surface area contributed by atoms with Crippen LogP contribution in [0.3, 0.4) is 0 Å². The van der Waals surface area contributed by atoms with Gasteiger partial charge in [0.1, 0.15) is 0 Å². The summed E-state index contributed by atoms with van der Waals surface area (Å²) in [5, 5.41) is 3.93. The lowest BCUT2D eigenvalue weighted by Gasteiger charge is -2.36. The molecule has 2 heteroatoms. The van der Waals surface area contributed by atoms with Gasteiger partial charge in [-0.2, -0.15) is 0 Å². The molecule has 2 nitrogen and oxygen atoms in total. The minimum absolute atomic E-state index is 0.605. The fourth-order valence-electron chi connectivity index (χ4n) is 3.59. The summed E-state index contributed by atoms with van der Waals surface area (Å²) >= 11 is 0. The van der Waals surface area contributed by atoms with Crippen LogP contribution < -0.4 is 5.32 Å². The number of hydrogen-bond donors (Lipinski definition) is 1. The van der Waals surface area contributed by atoms with Gasteiger partial charge in [0.15, 0.2) is 0 Å². The summed E-state index contributed by atoms with van der Waals surface area (Å²) in [6.07, 6.45) is 9.92. The minimum Gasteiger partial charge on any atom is -0.310 e. The molecule has 98 valence electrons. The molecule has 0 radical (unpaired) electrons. The second kappa shape index (κ2) is 4.55. The van der Waals surface area contributed by atoms with Crippen molar-refractivity contribution in [2.45, 2.75) is 76.9 Å². The van der Waals surface area contributed by atoms with E-state index in [-0.39, 0.29) is 0 Å². The fourth-order valence-corrected chi connectivity index (χ4v) is 3.59. The van der Waals surface area contributed by atoms with Crippen LogP contribution in [0.1, 0.15) is 58.8 Å². The first-order valence-corrected chi connectivity index (χ1v) is 7.62. The van der Waals surface area contributed by atoms with E-state index in [4.69, 9.17) is 0 Å². The zero-order valence-electron chi connectivity index (χ0n) is 11.5. The molecule has 2 aliphatic carbocycles. The van der Waals surface area contributed by atoms with Crippen LogP contribution in [0.4, 0.5) is 0 Å². The van der Waals surface area contributed by atoms with Gasteiger partial charge in [0, 0.05) is 31.2 Å². The molecule has 1 heterocycles. The molecule has 3 aliphatic rings. The molecular weight excluding hydrogens is 208 g/mol. The van der Waals surface area contributed by atoms with Gasteiger partial charge >= 0.3 is 0 Å². The number of nitrogens with zero attached hydrogens (tertiary/aromatic N) is 1. The van der Waals surface area contributed by atoms with E-state index >= 15 is 0 Å². The molecule has 1 N–H and O–H groups in total. The largest absolute Gasteiger partial charge is 0.310 e. The average Bonchev–Trinajstić information content (AvgIpc) is 3.03. The first-order chi connectivity index (χ1) is 8.12. The molecule has 2 saturated carbocycles. The maximum atomic E-state index is 3.93. The summed E-state index contributed by atoms with van der Waals surface area (Å²) in [6.45, 7) is 7.52. The van der Waals surface area contributed by atoms with Crippen molar-refractivity contribution >= 4 is 0 Å². The monoisotopic (exact) mass is 236 g/mol. The van der Waals surface area contributed by atoms with Gasteiger partial charge in [-0.1, -0.05) is 13.8 Å². The summed E-state index contributed by atoms with van der Waals surface area (Å²) < 4.78 is 0. The molecule has 0 amide bonds. The molecule has 1 atom stereocenters. The molecule has 1 saturated heterocycles. The quantitative estimate of drug-likeness (QED) is 0.810. The number of hydrogen-bond acceptors (Lipinski definition) is 2. The number of likely N-dealkylation sites (tertiary alicyclic amines) is 1. The molecule has 3 fully saturated rings. The molecular formula is C15H28N2. The van der Waals surface area contributed by atoms with Crippen molar-refractivity contribution in [3.8, 4) is 0 Å². The standard InChI is InChI=1S/C15H28N2/c1-15(2)8-5-12(6-9-15)16-13-7-10-17(11-13)14-3-4-14/h12-14,16H,3-11H2,1-2H3. The van der Waals surface area contributed by atoms with Gasteiger partial charge in [0.2, 0.25) is 0 Å². The van der Waals surface area contributed by atoms with Crippen LogP contribution in [0.5, 0.6) is 0 Å². The predicted molar refractivity (Wildman–Crippen MR) is 72.2 cm³/mol. The Bertz CT molecular complexity index is 260. The Morgan fingerprint density at radius 1 is 0.941 bits per heavy atom. The molecule has 0 bridgehead atoms. The highest BCUT2D eigenvalue weighted by Gasteiger charge is 2.35. The first kappa shape index (κ1) is 12.0. The van der Waals surface area contributed by atoms with Crippen LogP contribution >= 0.6 is 0 Å². The molecule has 3 rings (SSSR count). The lowest BCUT2D eigenvalue weighted by molar-refractivity contribution is 0.197. The Hall–Kier alpha value is -0.0800. The van der Waals surface area contributed by atoms with Crippen molar-refractivity contribution in [2.24, 2.45) is 5.41 Å². The van der Waals surface area contributed by atoms with Crippen LogP contribution in [-0.2, 0) is 0 Å². The van der Waals surface area contributed by atoms with Gasteiger partial charge in [-0.3, -0.25) is 4.90 Å². The van der Waals surface area contributed by atoms with E-state index in [9.17, 15) is 0 Å². The van der Waals surface area contributed by atoms with E-state index in [1.807, 2.05) is 0 Å². The number of rotatable bonds is 3. The lowest BCUT2D eigenvalue weighted by Crippen LogP contribution is -2.43. The third-order valence-corrected chi connectivity index (χ3v) is 5.09. The Labute approximate surface area is 106 Å². The molecule has 17 heavy (non-hydrogen) atoms. The van der Waals surface area contributed by atoms with Crippen molar-refractivity contribution in [1.82, 2.24) is 10.2 Å². The van der Waals surface area contributed by atoms with Crippen molar-refractivity contribution in [3.63, 3.8) is 0 Å². The summed E-state index contributed by atoms with van der Waals surface area (Å²) in [7, 11) is 0. The van der Waals surface area contributed by atoms with Crippen LogP contribution in [0.2, 0.25) is 0 Å². The van der Waals surface area contributed by atoms with E-state index in [2.05, 4.69) is 24.1 Å². The van der Waals surface area contributed by atoms with Crippen molar-refractivity contribution in [1.29, 1.82) is 0 Å². The van der Waals surface area contributed by atoms with E-state index < -0.39 is 0 Å². The number of nitrogens with one attached hydrogen (secondary N) is 1. The fraction of sp³-hybridized carbons (Fsp3) is 1.00. The van der Waals surface area contributed by atoms with Gasteiger partial charge in [-0.25, -0.2) is 0 Å². The summed E-state index contributed by atoms with van der Waals surface area (Å²) in [5.41, 5.74) is 0.605. The van der Waals surface area contributed by atoms with Crippen molar-refractivity contribution in [3.05, 3.63) is 0 Å². The van der Waals surface area contributed by atoms with Crippen LogP contribution in [-0.4, -0.2) is 36.1 Å². The van der Waals surface area contributed by atoms with Gasteiger partial charge in [-0.05, 0) is 50.4 Å². The second-order valence-corrected chi connectivity index (χ2v) is 7.32. The van der Waals surface area contributed by atoms with Gasteiger partial charge in [0.25, 0.3) is 0 Å². The first-order valence-electron chi connectivity index (χ1n) is 7.62. The minimum atomic E-state index is 0.605. The Morgan fingerprint density at radius 2 is 1.65 bits per heavy atom. The Morgan fingerprint density at radius 3 is 2.29 bits per heavy atom. The molecule has 0 aromatic carbocycles. The van der Waals surface area contributed by atoms with Crippen LogP contribution in [0, 0.1) is 5.41 Å². The summed E-state index contributed by atoms with van der Waals surface area (Å²) in [6, 6.07) is 2.57. The maximum absolute atomic E-state index is 3.93. The molecule has 1 unspecified atom stereocenters. The summed E-state index contributed by atoms with van der Waals surface area (Å²) in [5.74, 6) is 0. The van der Waals surface area contributed by atoms with E-state index in [1.54, 1.807) is 0 Å². The second-order valence-electron chi connectivity index (χ2n) is 7.32. The Balaban J connectivity index is 1.42. The SMILES string of the molecule is CC1(C)CCC(NC2CCN(C3CC3)C2)CC1. The summed E-state index contributed by atoms with van der Waals surface area (Å²) in [4.78, 5) is 2.71. The van der Waals surface area contributed by atoms with E-state index in [1.165, 1.54) is 58.0 Å². The third kappa shape index (κ3) is 3.03. The molecule has 0 spiro atoms. The highest BCUT2D eigenvalue weighted by molar-refractivity contribution is 4.93. The van der Waals surface area contributed by atoms with E-state index in [0.29, 0.717) is 5.41 Å². The van der Waals surface area contributed by atoms with Crippen LogP contribution in [0.25, 0.3) is 0 Å². The molecule has 1 aliphatic heterocycles. The predicted octanol–water partition coefficient (Wildman–Crippen LogP) is 2.78. The lowest BCUT2D eigenvalue weighted by atomic mass is 9.75. The average molecular weight is 236 g/mol. The zero-order chi connectivity index (χ0) is 11.9. The van der Waals surface area contributed by atoms with Crippen LogP contribution in [0.15, 0.2) is 0 Å². The normalized spacial score (nSPS) is 35.3. The van der Waals surface area contributed by atoms with Gasteiger partial charge < -0.3 is 5.32 Å². The third-order valence-electron chi connectivity index (χ3n) is 5.09.